The molecule has 0 aromatic carbocycles. The Kier molecular flexibility index (Phi) is 6.45. The van der Waals surface area contributed by atoms with Crippen molar-refractivity contribution in [2.24, 2.45) is 4.99 Å². The van der Waals surface area contributed by atoms with Gasteiger partial charge < -0.3 is 20.1 Å². The third kappa shape index (κ3) is 5.29. The van der Waals surface area contributed by atoms with Gasteiger partial charge in [0, 0.05) is 26.2 Å². The molecule has 21 heavy (non-hydrogen) atoms. The number of nitrogens with zero attached hydrogens (tertiary/aromatic N) is 3. The Morgan fingerprint density at radius 1 is 1.43 bits per heavy atom. The van der Waals surface area contributed by atoms with Gasteiger partial charge in [0.2, 0.25) is 5.91 Å². The summed E-state index contributed by atoms with van der Waals surface area (Å²) in [5, 5.41) is 9.94. The van der Waals surface area contributed by atoms with Gasteiger partial charge >= 0.3 is 0 Å². The number of amides is 1. The van der Waals surface area contributed by atoms with E-state index in [1.807, 2.05) is 13.8 Å². The highest BCUT2D eigenvalue weighted by Gasteiger charge is 2.09. The van der Waals surface area contributed by atoms with Gasteiger partial charge in [0.25, 0.3) is 0 Å². The minimum atomic E-state index is -0.0274. The molecular formula is C14H23N5O2. The van der Waals surface area contributed by atoms with Gasteiger partial charge in [-0.05, 0) is 13.8 Å². The van der Waals surface area contributed by atoms with Crippen LogP contribution in [0.15, 0.2) is 22.2 Å². The Hall–Kier alpha value is -2.31. The fourth-order valence-electron chi connectivity index (χ4n) is 1.55. The minimum Gasteiger partial charge on any atom is -0.361 e. The van der Waals surface area contributed by atoms with Crippen LogP contribution in [-0.2, 0) is 11.3 Å². The van der Waals surface area contributed by atoms with E-state index in [-0.39, 0.29) is 12.5 Å². The molecule has 1 aromatic rings. The highest BCUT2D eigenvalue weighted by molar-refractivity contribution is 5.86. The molecule has 0 fully saturated rings. The van der Waals surface area contributed by atoms with Crippen molar-refractivity contribution in [1.29, 1.82) is 0 Å². The highest BCUT2D eigenvalue weighted by Crippen LogP contribution is 2.12. The van der Waals surface area contributed by atoms with Gasteiger partial charge in [0.05, 0.1) is 18.8 Å². The molecule has 0 saturated heterocycles. The lowest BCUT2D eigenvalue weighted by atomic mass is 10.2. The van der Waals surface area contributed by atoms with Gasteiger partial charge in [-0.2, -0.15) is 0 Å². The van der Waals surface area contributed by atoms with Crippen molar-refractivity contribution in [1.82, 2.24) is 20.7 Å². The van der Waals surface area contributed by atoms with Crippen LogP contribution in [0.5, 0.6) is 0 Å². The number of aryl methyl sites for hydroxylation is 2. The summed E-state index contributed by atoms with van der Waals surface area (Å²) in [5.74, 6) is 1.27. The second-order valence-corrected chi connectivity index (χ2v) is 4.78. The Bertz CT molecular complexity index is 500. The molecule has 1 heterocycles. The number of carbonyl (C=O) groups excluding carboxylic acids is 1. The lowest BCUT2D eigenvalue weighted by Gasteiger charge is -2.14. The Morgan fingerprint density at radius 3 is 2.67 bits per heavy atom. The Balaban J connectivity index is 2.69. The van der Waals surface area contributed by atoms with Crippen LogP contribution in [-0.4, -0.2) is 49.1 Å². The van der Waals surface area contributed by atoms with Crippen LogP contribution in [0.25, 0.3) is 0 Å². The van der Waals surface area contributed by atoms with Crippen molar-refractivity contribution in [3.8, 4) is 0 Å². The van der Waals surface area contributed by atoms with Crippen molar-refractivity contribution in [3.63, 3.8) is 0 Å². The van der Waals surface area contributed by atoms with Crippen molar-refractivity contribution >= 4 is 11.9 Å². The third-order valence-electron chi connectivity index (χ3n) is 2.90. The largest absolute Gasteiger partial charge is 0.361 e. The number of hydrogen-bond donors (Lipinski definition) is 2. The Morgan fingerprint density at radius 2 is 2.14 bits per heavy atom. The van der Waals surface area contributed by atoms with Crippen molar-refractivity contribution in [2.45, 2.75) is 20.4 Å². The number of rotatable bonds is 6. The quantitative estimate of drug-likeness (QED) is 0.456. The van der Waals surface area contributed by atoms with Crippen molar-refractivity contribution < 1.29 is 9.32 Å². The summed E-state index contributed by atoms with van der Waals surface area (Å²) in [6.07, 6.45) is 1.72. The molecule has 0 saturated carbocycles. The normalized spacial score (nSPS) is 11.1. The van der Waals surface area contributed by atoms with E-state index in [9.17, 15) is 4.79 Å². The van der Waals surface area contributed by atoms with E-state index in [2.05, 4.69) is 27.4 Å². The summed E-state index contributed by atoms with van der Waals surface area (Å²) < 4.78 is 5.10. The molecule has 1 rings (SSSR count). The molecular weight excluding hydrogens is 270 g/mol. The van der Waals surface area contributed by atoms with Crippen LogP contribution in [0.1, 0.15) is 17.0 Å². The summed E-state index contributed by atoms with van der Waals surface area (Å²) in [6.45, 7) is 8.55. The van der Waals surface area contributed by atoms with Gasteiger partial charge in [0.1, 0.15) is 5.76 Å². The lowest BCUT2D eigenvalue weighted by molar-refractivity contribution is -0.127. The van der Waals surface area contributed by atoms with Crippen molar-refractivity contribution in [2.75, 3.05) is 27.2 Å². The predicted molar refractivity (Wildman–Crippen MR) is 82.0 cm³/mol. The summed E-state index contributed by atoms with van der Waals surface area (Å²) in [4.78, 5) is 17.6. The molecule has 7 heteroatoms. The van der Waals surface area contributed by atoms with Crippen LogP contribution in [0.3, 0.4) is 0 Å². The van der Waals surface area contributed by atoms with Crippen LogP contribution >= 0.6 is 0 Å². The average Bonchev–Trinajstić information content (AvgIpc) is 2.77. The van der Waals surface area contributed by atoms with E-state index >= 15 is 0 Å². The second-order valence-electron chi connectivity index (χ2n) is 4.78. The fourth-order valence-corrected chi connectivity index (χ4v) is 1.55. The molecule has 0 radical (unpaired) electrons. The maximum Gasteiger partial charge on any atom is 0.241 e. The molecule has 0 aliphatic carbocycles. The summed E-state index contributed by atoms with van der Waals surface area (Å²) >= 11 is 0. The summed E-state index contributed by atoms with van der Waals surface area (Å²) in [6, 6.07) is 0. The zero-order valence-corrected chi connectivity index (χ0v) is 13.1. The second kappa shape index (κ2) is 8.08. The number of aromatic nitrogens is 1. The number of guanidine groups is 1. The van der Waals surface area contributed by atoms with E-state index in [0.717, 1.165) is 17.0 Å². The van der Waals surface area contributed by atoms with E-state index in [0.29, 0.717) is 19.0 Å². The first kappa shape index (κ1) is 16.7. The molecule has 0 atom stereocenters. The predicted octanol–water partition coefficient (Wildman–Crippen LogP) is 0.601. The van der Waals surface area contributed by atoms with Crippen LogP contribution < -0.4 is 10.6 Å². The molecule has 0 aliphatic heterocycles. The zero-order valence-electron chi connectivity index (χ0n) is 13.1. The molecule has 0 unspecified atom stereocenters. The third-order valence-corrected chi connectivity index (χ3v) is 2.90. The molecule has 1 aromatic heterocycles. The van der Waals surface area contributed by atoms with Gasteiger partial charge in [-0.25, -0.2) is 4.99 Å². The first-order valence-corrected chi connectivity index (χ1v) is 6.70. The van der Waals surface area contributed by atoms with Crippen molar-refractivity contribution in [3.05, 3.63) is 29.7 Å². The van der Waals surface area contributed by atoms with Gasteiger partial charge in [-0.1, -0.05) is 11.2 Å². The molecule has 0 aliphatic rings. The first-order valence-electron chi connectivity index (χ1n) is 6.70. The standard InChI is InChI=1S/C14H23N5O2/c1-6-7-15-14(17-9-13(20)19(4)5)16-8-12-10(2)18-21-11(12)3/h6H,1,7-9H2,2-5H3,(H2,15,16,17). The van der Waals surface area contributed by atoms with E-state index in [4.69, 9.17) is 4.52 Å². The first-order chi connectivity index (χ1) is 9.95. The van der Waals surface area contributed by atoms with Crippen LogP contribution in [0.2, 0.25) is 0 Å². The van der Waals surface area contributed by atoms with Gasteiger partial charge in [0.15, 0.2) is 5.96 Å². The average molecular weight is 293 g/mol. The number of nitrogens with one attached hydrogen (secondary N) is 2. The molecule has 2 N–H and O–H groups in total. The van der Waals surface area contributed by atoms with E-state index in [1.165, 1.54) is 4.90 Å². The maximum absolute atomic E-state index is 11.6. The molecule has 0 bridgehead atoms. The molecule has 116 valence electrons. The molecule has 0 spiro atoms. The summed E-state index contributed by atoms with van der Waals surface area (Å²) in [5.41, 5.74) is 1.78. The summed E-state index contributed by atoms with van der Waals surface area (Å²) in [7, 11) is 3.42. The number of hydrogen-bond acceptors (Lipinski definition) is 4. The van der Waals surface area contributed by atoms with Gasteiger partial charge in [-0.15, -0.1) is 6.58 Å². The zero-order chi connectivity index (χ0) is 15.8. The van der Waals surface area contributed by atoms with Crippen LogP contribution in [0, 0.1) is 13.8 Å². The minimum absolute atomic E-state index is 0.0274. The van der Waals surface area contributed by atoms with E-state index < -0.39 is 0 Å². The number of carbonyl (C=O) groups is 1. The number of likely N-dealkylation sites (N-methyl/N-ethyl adjacent to an activating group) is 1. The lowest BCUT2D eigenvalue weighted by Crippen LogP contribution is -2.43. The number of aliphatic imine (C=N–C) groups is 1. The fraction of sp³-hybridized carbons (Fsp3) is 0.500. The van der Waals surface area contributed by atoms with Gasteiger partial charge in [-0.3, -0.25) is 4.79 Å². The highest BCUT2D eigenvalue weighted by atomic mass is 16.5. The smallest absolute Gasteiger partial charge is 0.241 e. The molecule has 1 amide bonds. The molecule has 7 nitrogen and oxygen atoms in total. The van der Waals surface area contributed by atoms with E-state index in [1.54, 1.807) is 20.2 Å². The topological polar surface area (TPSA) is 82.8 Å². The maximum atomic E-state index is 11.6. The Labute approximate surface area is 125 Å². The SMILES string of the molecule is C=CCNC(=NCc1c(C)noc1C)NCC(=O)N(C)C. The monoisotopic (exact) mass is 293 g/mol. The van der Waals surface area contributed by atoms with Crippen LogP contribution in [0.4, 0.5) is 0 Å².